The van der Waals surface area contributed by atoms with Crippen LogP contribution in [0.2, 0.25) is 0 Å². The Kier molecular flexibility index (Phi) is 38.8. The molecule has 29 nitrogen and oxygen atoms in total. The third kappa shape index (κ3) is 31.3. The number of hydrogen-bond acceptors (Lipinski definition) is 21. The van der Waals surface area contributed by atoms with Gasteiger partial charge in [-0.1, -0.05) is 49.4 Å². The van der Waals surface area contributed by atoms with Crippen molar-refractivity contribution in [3.8, 4) is 57.5 Å². The standard InChI is InChI=1S/C31H33N3O6S.2C16H27NO3.C15H25NO3.2C14H23NO3/c1-20-8-4-7-11-29(20)41(37,38)33-30(35)22-13-12-21(28(17-22)39-3)16-23-19-34(2)27-15-14-24(18-26(23)27)32-31(36)40-25-9-5-6-10-25;1-15(2,3)17(5,6)11-16(4,20)13-7-8-14(19)12(9-13)10-18;1-7-15(17(5,6)11(2)3)16(4,20)12-8-9-13(18)14(19)10-12;1-14(2,3)16(5,6)10-15(4,19)11-7-12(17)9-13(18)8-11;1-10(2)15(4,5)9-14(3,18)11-6-12(16)8-13(17)7-11;1-10(2)15(4,5)9-14(3,18)11-6-7-12(16)13(17)8-11/h4,7-8,11-15,17-19,25H,5-6,9-10,16H2,1-3H3,(H,32,36)(H,33,35);7-9,18,20H,10-11H2,1-6H3;8-11,15,20H,7H2,1-6H3,(H-,18,19);7-9,19H,10H2,1-6H3,(H-,17,18);2*6-8,10,18H,9H2,1-5H3,(H-,16,17)/p+5. The highest BCUT2D eigenvalue weighted by atomic mass is 32.2. The van der Waals surface area contributed by atoms with Gasteiger partial charge in [-0.2, -0.15) is 0 Å². The first-order chi connectivity index (χ1) is 62.0. The van der Waals surface area contributed by atoms with E-state index in [4.69, 9.17) is 9.47 Å². The number of fused-ring (bicyclic) bond motifs is 1. The van der Waals surface area contributed by atoms with E-state index in [1.165, 1.54) is 86.0 Å². The van der Waals surface area contributed by atoms with Gasteiger partial charge in [0, 0.05) is 59.5 Å². The van der Waals surface area contributed by atoms with E-state index in [1.54, 1.807) is 96.1 Å². The molecule has 1 aliphatic carbocycles. The van der Waals surface area contributed by atoms with Crippen molar-refractivity contribution in [1.82, 2.24) is 9.29 Å². The maximum Gasteiger partial charge on any atom is 0.411 e. The van der Waals surface area contributed by atoms with Crippen LogP contribution in [0.5, 0.6) is 57.5 Å². The monoisotopic (exact) mass is 1920 g/mol. The van der Waals surface area contributed by atoms with Crippen molar-refractivity contribution in [3.63, 3.8) is 0 Å². The summed E-state index contributed by atoms with van der Waals surface area (Å²) in [6, 6.07) is 40.5. The largest absolute Gasteiger partial charge is 0.508 e. The van der Waals surface area contributed by atoms with Crippen LogP contribution in [0.25, 0.3) is 10.9 Å². The minimum atomic E-state index is -4.04. The summed E-state index contributed by atoms with van der Waals surface area (Å²) in [6.07, 6.45) is 6.80. The number of anilines is 1. The van der Waals surface area contributed by atoms with E-state index in [2.05, 4.69) is 156 Å². The smallest absolute Gasteiger partial charge is 0.411 e. The second-order valence-electron chi connectivity index (χ2n) is 43.2. The Morgan fingerprint density at radius 3 is 1.34 bits per heavy atom. The molecule has 10 rings (SSSR count). The molecule has 8 aromatic carbocycles. The SMILES string of the molecule is CC(C)[N+](C)(C)CC(C)(O)c1cc(O)cc(O)c1.CC(C)[N+](C)(C)CC(C)(O)c1ccc(O)c(O)c1.CC(O)(C[N+](C)(C)C(C)(C)C)c1cc(O)cc(O)c1.CC(O)(C[N+](C)(C)C(C)(C)C)c1ccc(O)c(CO)c1.CCC(C(C)(O)c1ccc(O)c(O)c1)[N+](C)(C)C(C)C.COc1cc(C(=O)NS(=O)(=O)c2ccccc2C)ccc1Cc1cn(C)c2ccc(NC(=O)OC3CCCC3)cc12. The number of nitrogens with zero attached hydrogens (tertiary/aromatic N) is 6. The molecule has 1 saturated carbocycles. The molecule has 9 aromatic rings. The highest BCUT2D eigenvalue weighted by Gasteiger charge is 2.47. The number of rotatable bonds is 28. The third-order valence-corrected chi connectivity index (χ3v) is 29.4. The molecule has 0 spiro atoms. The van der Waals surface area contributed by atoms with E-state index >= 15 is 0 Å². The number of benzene rings is 8. The molecule has 30 heteroatoms. The molecule has 6 atom stereocenters. The maximum absolute atomic E-state index is 12.9. The summed E-state index contributed by atoms with van der Waals surface area (Å²) in [4.78, 5) is 25.4. The number of likely N-dealkylation sites (N-methyl/N-ethyl adjacent to an activating group) is 5. The van der Waals surface area contributed by atoms with Gasteiger partial charge < -0.3 is 113 Å². The van der Waals surface area contributed by atoms with Crippen molar-refractivity contribution in [3.05, 3.63) is 213 Å². The van der Waals surface area contributed by atoms with Gasteiger partial charge in [-0.05, 0) is 298 Å². The summed E-state index contributed by atoms with van der Waals surface area (Å²) in [5.74, 6) is -1.16. The molecule has 0 aliphatic heterocycles. The number of aromatic nitrogens is 1. The molecule has 1 fully saturated rings. The minimum Gasteiger partial charge on any atom is -0.508 e. The number of aryl methyl sites for hydroxylation is 2. The number of phenolic OH excluding ortho intramolecular Hbond substituents is 8. The third-order valence-electron chi connectivity index (χ3n) is 27.9. The first-order valence-corrected chi connectivity index (χ1v) is 47.7. The number of aliphatic hydroxyl groups is 6. The molecule has 0 bridgehead atoms. The fraction of sp³-hybridized carbons (Fsp3) is 0.509. The number of carbonyl (C=O) groups excluding carboxylic acids is 2. The zero-order valence-electron chi connectivity index (χ0n) is 86.4. The number of quaternary nitrogens is 5. The predicted molar refractivity (Wildman–Crippen MR) is 537 cm³/mol. The summed E-state index contributed by atoms with van der Waals surface area (Å²) >= 11 is 0. The van der Waals surface area contributed by atoms with Gasteiger partial charge in [0.15, 0.2) is 23.0 Å². The number of ether oxygens (including phenoxy) is 2. The Bertz CT molecular complexity index is 5570. The summed E-state index contributed by atoms with van der Waals surface area (Å²) in [6.45, 7) is 39.6. The number of sulfonamides is 1. The van der Waals surface area contributed by atoms with Gasteiger partial charge in [0.2, 0.25) is 0 Å². The van der Waals surface area contributed by atoms with Crippen molar-refractivity contribution in [2.24, 2.45) is 7.05 Å². The number of nitrogens with one attached hydrogen (secondary N) is 2. The molecule has 1 aliphatic rings. The Labute approximate surface area is 808 Å². The van der Waals surface area contributed by atoms with E-state index in [0.29, 0.717) is 124 Å². The molecule has 2 amide bonds. The quantitative estimate of drug-likeness (QED) is 0.0160. The van der Waals surface area contributed by atoms with Gasteiger partial charge in [-0.25, -0.2) is 17.9 Å². The Morgan fingerprint density at radius 2 is 0.912 bits per heavy atom. The van der Waals surface area contributed by atoms with E-state index in [0.717, 1.165) is 54.1 Å². The number of amides is 2. The highest BCUT2D eigenvalue weighted by Crippen LogP contribution is 2.42. The van der Waals surface area contributed by atoms with Crippen LogP contribution in [0.15, 0.2) is 163 Å². The average molecular weight is 1920 g/mol. The van der Waals surface area contributed by atoms with Gasteiger partial charge >= 0.3 is 6.09 Å². The Hall–Kier alpha value is -10.5. The average Bonchev–Trinajstić information content (AvgIpc) is 1.22. The van der Waals surface area contributed by atoms with Crippen LogP contribution in [-0.2, 0) is 62.8 Å². The predicted octanol–water partition coefficient (Wildman–Crippen LogP) is 16.0. The molecule has 17 N–H and O–H groups in total. The molecule has 6 unspecified atom stereocenters. The lowest BCUT2D eigenvalue weighted by Crippen LogP contribution is -2.61. The number of hydrogen-bond donors (Lipinski definition) is 17. The van der Waals surface area contributed by atoms with Gasteiger partial charge in [0.25, 0.3) is 15.9 Å². The lowest BCUT2D eigenvalue weighted by molar-refractivity contribution is -0.943. The molecule has 136 heavy (non-hydrogen) atoms. The number of aromatic hydroxyl groups is 9. The van der Waals surface area contributed by atoms with E-state index < -0.39 is 50.0 Å². The van der Waals surface area contributed by atoms with Crippen molar-refractivity contribution < 1.29 is 126 Å². The fourth-order valence-corrected chi connectivity index (χ4v) is 17.5. The fourth-order valence-electron chi connectivity index (χ4n) is 16.3. The van der Waals surface area contributed by atoms with Crippen LogP contribution in [0.1, 0.15) is 217 Å². The second kappa shape index (κ2) is 45.4. The van der Waals surface area contributed by atoms with Crippen LogP contribution >= 0.6 is 0 Å². The lowest BCUT2D eigenvalue weighted by Gasteiger charge is -2.47. The van der Waals surface area contributed by atoms with Gasteiger partial charge in [0.1, 0.15) is 101 Å². The van der Waals surface area contributed by atoms with Gasteiger partial charge in [-0.3, -0.25) is 10.1 Å². The van der Waals surface area contributed by atoms with Crippen LogP contribution < -0.4 is 14.8 Å². The van der Waals surface area contributed by atoms with Crippen LogP contribution in [0.3, 0.4) is 0 Å². The second-order valence-corrected chi connectivity index (χ2v) is 44.9. The van der Waals surface area contributed by atoms with E-state index in [-0.39, 0.29) is 92.0 Å². The molecule has 1 heterocycles. The van der Waals surface area contributed by atoms with Gasteiger partial charge in [0.05, 0.1) is 118 Å². The topological polar surface area (TPSA) is 419 Å². The Balaban J connectivity index is 0.000000300. The van der Waals surface area contributed by atoms with Crippen molar-refractivity contribution in [2.45, 2.75) is 251 Å². The molecule has 1 aromatic heterocycles. The summed E-state index contributed by atoms with van der Waals surface area (Å²) < 4.78 is 44.1. The van der Waals surface area contributed by atoms with Crippen molar-refractivity contribution >= 4 is 38.6 Å². The number of methoxy groups -OCH3 is 1. The number of aliphatic hydroxyl groups excluding tert-OH is 1. The molecule has 0 radical (unpaired) electrons. The number of carbonyl (C=O) groups is 2. The van der Waals surface area contributed by atoms with Crippen LogP contribution in [0, 0.1) is 6.92 Å². The lowest BCUT2D eigenvalue weighted by atomic mass is 9.83. The molecule has 0 saturated heterocycles. The maximum atomic E-state index is 12.9. The van der Waals surface area contributed by atoms with E-state index in [1.807, 2.05) is 50.1 Å². The summed E-state index contributed by atoms with van der Waals surface area (Å²) in [5, 5.41) is 152. The molecular weight excluding hydrogens is 1750 g/mol. The zero-order chi connectivity index (χ0) is 104. The number of phenols is 9. The summed E-state index contributed by atoms with van der Waals surface area (Å²) in [7, 11) is 20.1. The zero-order valence-corrected chi connectivity index (χ0v) is 87.2. The van der Waals surface area contributed by atoms with Gasteiger partial charge in [-0.15, -0.1) is 0 Å². The van der Waals surface area contributed by atoms with Crippen molar-refractivity contribution in [2.75, 3.05) is 109 Å². The van der Waals surface area contributed by atoms with Crippen LogP contribution in [0.4, 0.5) is 10.5 Å². The highest BCUT2D eigenvalue weighted by molar-refractivity contribution is 7.90. The molecular formula is C106H163N8O21S+5. The normalized spacial score (nSPS) is 15.4. The van der Waals surface area contributed by atoms with E-state index in [9.17, 15) is 94.6 Å². The minimum absolute atomic E-state index is 0.000712. The molecule has 754 valence electrons. The van der Waals surface area contributed by atoms with Crippen molar-refractivity contribution in [1.29, 1.82) is 0 Å². The van der Waals surface area contributed by atoms with Crippen LogP contribution in [-0.4, -0.2) is 269 Å². The Morgan fingerprint density at radius 1 is 0.485 bits per heavy atom. The first kappa shape index (κ1) is 116. The first-order valence-electron chi connectivity index (χ1n) is 46.2. The summed E-state index contributed by atoms with van der Waals surface area (Å²) in [5.41, 5.74) is 2.09.